The zero-order valence-corrected chi connectivity index (χ0v) is 16.2. The van der Waals surface area contributed by atoms with Crippen LogP contribution in [0.15, 0.2) is 29.2 Å². The third-order valence-electron chi connectivity index (χ3n) is 4.25. The van der Waals surface area contributed by atoms with Crippen molar-refractivity contribution in [1.29, 1.82) is 0 Å². The van der Waals surface area contributed by atoms with Gasteiger partial charge in [-0.25, -0.2) is 13.4 Å². The Morgan fingerprint density at radius 2 is 2.08 bits per heavy atom. The summed E-state index contributed by atoms with van der Waals surface area (Å²) >= 11 is 6.41. The summed E-state index contributed by atoms with van der Waals surface area (Å²) in [6.07, 6.45) is 1.98. The number of sulfone groups is 1. The molecule has 1 atom stereocenters. The van der Waals surface area contributed by atoms with E-state index < -0.39 is 9.84 Å². The van der Waals surface area contributed by atoms with E-state index in [-0.39, 0.29) is 16.9 Å². The molecule has 2 aromatic rings. The number of anilines is 2. The van der Waals surface area contributed by atoms with Gasteiger partial charge in [0.2, 0.25) is 5.95 Å². The van der Waals surface area contributed by atoms with E-state index in [1.165, 1.54) is 12.3 Å². The largest absolute Gasteiger partial charge is 0.379 e. The summed E-state index contributed by atoms with van der Waals surface area (Å²) in [6, 6.07) is 6.30. The zero-order valence-electron chi connectivity index (χ0n) is 14.6. The topological polar surface area (TPSA) is 98.4 Å². The van der Waals surface area contributed by atoms with E-state index in [0.717, 1.165) is 12.1 Å². The van der Waals surface area contributed by atoms with Gasteiger partial charge < -0.3 is 15.4 Å². The normalized spacial score (nSPS) is 18.6. The molecule has 2 N–H and O–H groups in total. The predicted octanol–water partition coefficient (Wildman–Crippen LogP) is 2.39. The maximum atomic E-state index is 12.0. The lowest BCUT2D eigenvalue weighted by Crippen LogP contribution is -2.32. The summed E-state index contributed by atoms with van der Waals surface area (Å²) in [7, 11) is -3.35. The van der Waals surface area contributed by atoms with Crippen LogP contribution in [0.2, 0.25) is 5.02 Å². The number of hydrogen-bond acceptors (Lipinski definition) is 7. The van der Waals surface area contributed by atoms with E-state index in [2.05, 4.69) is 9.97 Å². The predicted molar refractivity (Wildman–Crippen MR) is 101 cm³/mol. The summed E-state index contributed by atoms with van der Waals surface area (Å²) in [4.78, 5) is 10.7. The van der Waals surface area contributed by atoms with Gasteiger partial charge in [-0.2, -0.15) is 4.98 Å². The van der Waals surface area contributed by atoms with Crippen LogP contribution in [-0.2, 0) is 14.6 Å². The summed E-state index contributed by atoms with van der Waals surface area (Å²) < 4.78 is 29.7. The van der Waals surface area contributed by atoms with Crippen LogP contribution in [0.3, 0.4) is 0 Å². The minimum atomic E-state index is -3.35. The average molecular weight is 397 g/mol. The molecule has 1 fully saturated rings. The molecule has 140 valence electrons. The highest BCUT2D eigenvalue weighted by Gasteiger charge is 2.28. The molecule has 0 aliphatic carbocycles. The molecule has 1 aromatic heterocycles. The van der Waals surface area contributed by atoms with Crippen LogP contribution in [0.25, 0.3) is 0 Å². The third-order valence-corrected chi connectivity index (χ3v) is 5.70. The van der Waals surface area contributed by atoms with Crippen LogP contribution < -0.4 is 10.6 Å². The van der Waals surface area contributed by atoms with Crippen molar-refractivity contribution in [3.05, 3.63) is 40.5 Å². The van der Waals surface area contributed by atoms with Crippen LogP contribution in [0, 0.1) is 6.92 Å². The molecule has 0 bridgehead atoms. The fourth-order valence-corrected chi connectivity index (χ4v) is 3.94. The number of benzene rings is 1. The van der Waals surface area contributed by atoms with Crippen molar-refractivity contribution in [2.24, 2.45) is 0 Å². The molecule has 1 aliphatic heterocycles. The van der Waals surface area contributed by atoms with Crippen LogP contribution in [0.5, 0.6) is 0 Å². The second-order valence-corrected chi connectivity index (χ2v) is 8.74. The number of nitrogen functional groups attached to an aromatic ring is 1. The first kappa shape index (κ1) is 18.9. The average Bonchev–Trinajstić information content (AvgIpc) is 2.79. The first-order chi connectivity index (χ1) is 12.3. The Kier molecular flexibility index (Phi) is 5.36. The molecule has 1 saturated heterocycles. The van der Waals surface area contributed by atoms with Crippen LogP contribution >= 0.6 is 11.6 Å². The molecular formula is C17H21ClN4O3S. The lowest BCUT2D eigenvalue weighted by molar-refractivity contribution is 0.134. The molecule has 0 saturated carbocycles. The first-order valence-electron chi connectivity index (χ1n) is 8.21. The zero-order chi connectivity index (χ0) is 18.9. The number of aromatic nitrogens is 2. The highest BCUT2D eigenvalue weighted by molar-refractivity contribution is 7.90. The molecule has 7 nitrogen and oxygen atoms in total. The fourth-order valence-electron chi connectivity index (χ4n) is 3.04. The fraction of sp³-hybridized carbons (Fsp3) is 0.412. The van der Waals surface area contributed by atoms with Crippen molar-refractivity contribution in [3.63, 3.8) is 0 Å². The highest BCUT2D eigenvalue weighted by atomic mass is 35.5. The van der Waals surface area contributed by atoms with Crippen molar-refractivity contribution >= 4 is 33.2 Å². The molecule has 0 amide bonds. The van der Waals surface area contributed by atoms with Gasteiger partial charge in [-0.05, 0) is 37.1 Å². The summed E-state index contributed by atoms with van der Waals surface area (Å²) in [5.74, 6) is 0.867. The second kappa shape index (κ2) is 7.38. The number of nitrogens with zero attached hydrogens (tertiary/aromatic N) is 3. The maximum Gasteiger partial charge on any atom is 0.222 e. The maximum absolute atomic E-state index is 12.0. The number of hydrogen-bond donors (Lipinski definition) is 1. The monoisotopic (exact) mass is 396 g/mol. The number of ether oxygens (including phenoxy) is 1. The molecule has 1 aromatic carbocycles. The van der Waals surface area contributed by atoms with Crippen molar-refractivity contribution in [2.75, 3.05) is 36.6 Å². The first-order valence-corrected chi connectivity index (χ1v) is 10.5. The highest BCUT2D eigenvalue weighted by Crippen LogP contribution is 2.34. The molecule has 0 radical (unpaired) electrons. The van der Waals surface area contributed by atoms with Gasteiger partial charge in [-0.15, -0.1) is 0 Å². The molecule has 26 heavy (non-hydrogen) atoms. The standard InChI is InChI=1S/C17H21ClN4O3S/c1-11-8-16(21-17(19)20-11)22-6-3-7-25-10-15(22)13-9-12(26(2,23)24)4-5-14(13)18/h4-5,8-9,15H,3,6-7,10H2,1-2H3,(H2,19,20,21)/t15-/m0/s1. The minimum Gasteiger partial charge on any atom is -0.379 e. The Hall–Kier alpha value is -1.90. The van der Waals surface area contributed by atoms with Crippen molar-refractivity contribution in [3.8, 4) is 0 Å². The molecule has 0 unspecified atom stereocenters. The van der Waals surface area contributed by atoms with Gasteiger partial charge in [0.1, 0.15) is 5.82 Å². The van der Waals surface area contributed by atoms with E-state index >= 15 is 0 Å². The molecule has 2 heterocycles. The Labute approximate surface area is 158 Å². The van der Waals surface area contributed by atoms with Gasteiger partial charge in [0.05, 0.1) is 17.5 Å². The lowest BCUT2D eigenvalue weighted by Gasteiger charge is -2.31. The Morgan fingerprint density at radius 3 is 2.77 bits per heavy atom. The minimum absolute atomic E-state index is 0.194. The molecule has 1 aliphatic rings. The van der Waals surface area contributed by atoms with E-state index in [1.54, 1.807) is 12.1 Å². The van der Waals surface area contributed by atoms with Gasteiger partial charge in [0.25, 0.3) is 0 Å². The van der Waals surface area contributed by atoms with E-state index in [1.807, 2.05) is 17.9 Å². The third kappa shape index (κ3) is 4.08. The van der Waals surface area contributed by atoms with Gasteiger partial charge in [-0.1, -0.05) is 11.6 Å². The van der Waals surface area contributed by atoms with Gasteiger partial charge in [-0.3, -0.25) is 0 Å². The van der Waals surface area contributed by atoms with Gasteiger partial charge in [0.15, 0.2) is 9.84 Å². The van der Waals surface area contributed by atoms with Gasteiger partial charge >= 0.3 is 0 Å². The second-order valence-electron chi connectivity index (χ2n) is 6.32. The van der Waals surface area contributed by atoms with Crippen LogP contribution in [-0.4, -0.2) is 44.4 Å². The van der Waals surface area contributed by atoms with E-state index in [0.29, 0.717) is 36.2 Å². The molecule has 0 spiro atoms. The Balaban J connectivity index is 2.10. The van der Waals surface area contributed by atoms with Crippen molar-refractivity contribution < 1.29 is 13.2 Å². The number of rotatable bonds is 3. The van der Waals surface area contributed by atoms with Crippen LogP contribution in [0.1, 0.15) is 23.7 Å². The molecule has 9 heteroatoms. The summed E-state index contributed by atoms with van der Waals surface area (Å²) in [5.41, 5.74) is 7.26. The SMILES string of the molecule is Cc1cc(N2CCCOC[C@H]2c2cc(S(C)(=O)=O)ccc2Cl)nc(N)n1. The van der Waals surface area contributed by atoms with Crippen molar-refractivity contribution in [1.82, 2.24) is 9.97 Å². The number of halogens is 1. The lowest BCUT2D eigenvalue weighted by atomic mass is 10.1. The number of nitrogens with two attached hydrogens (primary N) is 1. The molecular weight excluding hydrogens is 376 g/mol. The van der Waals surface area contributed by atoms with E-state index in [9.17, 15) is 8.42 Å². The van der Waals surface area contributed by atoms with E-state index in [4.69, 9.17) is 22.1 Å². The Bertz CT molecular complexity index is 900. The Morgan fingerprint density at radius 1 is 1.31 bits per heavy atom. The number of aryl methyl sites for hydroxylation is 1. The molecule has 3 rings (SSSR count). The summed E-state index contributed by atoms with van der Waals surface area (Å²) in [5, 5.41) is 0.483. The quantitative estimate of drug-likeness (QED) is 0.850. The van der Waals surface area contributed by atoms with Gasteiger partial charge in [0, 0.05) is 36.2 Å². The van der Waals surface area contributed by atoms with Crippen molar-refractivity contribution in [2.45, 2.75) is 24.3 Å². The van der Waals surface area contributed by atoms with Crippen LogP contribution in [0.4, 0.5) is 11.8 Å². The smallest absolute Gasteiger partial charge is 0.222 e. The summed E-state index contributed by atoms with van der Waals surface area (Å²) in [6.45, 7) is 3.51.